The molecule has 10 heteroatoms. The number of ether oxygens (including phenoxy) is 2. The third kappa shape index (κ3) is 6.64. The molecule has 1 atom stereocenters. The van der Waals surface area contributed by atoms with Crippen LogP contribution in [-0.4, -0.2) is 66.2 Å². The zero-order chi connectivity index (χ0) is 38.0. The first-order valence-electron chi connectivity index (χ1n) is 19.5. The third-order valence-electron chi connectivity index (χ3n) is 11.1. The normalized spacial score (nSPS) is 17.8. The van der Waals surface area contributed by atoms with Crippen molar-refractivity contribution < 1.29 is 19.1 Å². The van der Waals surface area contributed by atoms with Crippen LogP contribution in [0.3, 0.4) is 0 Å². The van der Waals surface area contributed by atoms with Gasteiger partial charge in [-0.1, -0.05) is 48.5 Å². The van der Waals surface area contributed by atoms with Gasteiger partial charge in [0.25, 0.3) is 0 Å². The summed E-state index contributed by atoms with van der Waals surface area (Å²) in [5.74, 6) is 1.68. The molecule has 0 bridgehead atoms. The Morgan fingerprint density at radius 3 is 2.15 bits per heavy atom. The topological polar surface area (TPSA) is 116 Å². The van der Waals surface area contributed by atoms with Crippen molar-refractivity contribution in [1.82, 2.24) is 29.7 Å². The van der Waals surface area contributed by atoms with E-state index >= 15 is 0 Å². The van der Waals surface area contributed by atoms with E-state index in [1.807, 2.05) is 58.3 Å². The van der Waals surface area contributed by atoms with Gasteiger partial charge >= 0.3 is 12.2 Å². The summed E-state index contributed by atoms with van der Waals surface area (Å²) in [5, 5.41) is 0. The molecular formula is C44H52N6O4. The van der Waals surface area contributed by atoms with Gasteiger partial charge in [-0.2, -0.15) is 0 Å². The predicted octanol–water partition coefficient (Wildman–Crippen LogP) is 10.1. The Morgan fingerprint density at radius 2 is 1.50 bits per heavy atom. The predicted molar refractivity (Wildman–Crippen MR) is 211 cm³/mol. The maximum absolute atomic E-state index is 13.3. The lowest BCUT2D eigenvalue weighted by Crippen LogP contribution is -2.55. The van der Waals surface area contributed by atoms with E-state index in [0.29, 0.717) is 13.1 Å². The Labute approximate surface area is 317 Å². The number of hydrogen-bond donors (Lipinski definition) is 2. The van der Waals surface area contributed by atoms with Crippen molar-refractivity contribution in [2.24, 2.45) is 0 Å². The number of aromatic nitrogens is 4. The molecule has 0 radical (unpaired) electrons. The molecule has 3 heterocycles. The van der Waals surface area contributed by atoms with E-state index in [9.17, 15) is 9.59 Å². The summed E-state index contributed by atoms with van der Waals surface area (Å²) in [4.78, 5) is 47.2. The van der Waals surface area contributed by atoms with Gasteiger partial charge in [-0.15, -0.1) is 0 Å². The second-order valence-electron chi connectivity index (χ2n) is 17.2. The number of H-pyrrole nitrogens is 2. The van der Waals surface area contributed by atoms with Crippen LogP contribution in [0.5, 0.6) is 0 Å². The fourth-order valence-electron chi connectivity index (χ4n) is 8.39. The summed E-state index contributed by atoms with van der Waals surface area (Å²) >= 11 is 0. The highest BCUT2D eigenvalue weighted by Gasteiger charge is 2.49. The summed E-state index contributed by atoms with van der Waals surface area (Å²) in [5.41, 5.74) is 9.41. The zero-order valence-electron chi connectivity index (χ0n) is 32.6. The third-order valence-corrected chi connectivity index (χ3v) is 11.1. The van der Waals surface area contributed by atoms with Crippen molar-refractivity contribution in [1.29, 1.82) is 0 Å². The average molecular weight is 729 g/mol. The molecule has 0 unspecified atom stereocenters. The second-order valence-corrected chi connectivity index (χ2v) is 17.2. The van der Waals surface area contributed by atoms with E-state index in [2.05, 4.69) is 70.6 Å². The van der Waals surface area contributed by atoms with Gasteiger partial charge < -0.3 is 19.4 Å². The van der Waals surface area contributed by atoms with Crippen molar-refractivity contribution >= 4 is 23.2 Å². The molecule has 3 aromatic carbocycles. The molecule has 2 aliphatic carbocycles. The molecular weight excluding hydrogens is 677 g/mol. The Hall–Kier alpha value is -5.12. The first-order chi connectivity index (χ1) is 25.7. The van der Waals surface area contributed by atoms with E-state index in [1.54, 1.807) is 0 Å². The molecule has 2 amide bonds. The van der Waals surface area contributed by atoms with Crippen LogP contribution < -0.4 is 0 Å². The highest BCUT2D eigenvalue weighted by Crippen LogP contribution is 2.47. The number of benzene rings is 3. The van der Waals surface area contributed by atoms with Crippen molar-refractivity contribution in [3.05, 3.63) is 83.6 Å². The monoisotopic (exact) mass is 728 g/mol. The Bertz CT molecular complexity index is 2220. The summed E-state index contributed by atoms with van der Waals surface area (Å²) < 4.78 is 11.5. The first kappa shape index (κ1) is 35.9. The number of hydrogen-bond acceptors (Lipinski definition) is 6. The second kappa shape index (κ2) is 13.3. The van der Waals surface area contributed by atoms with Crippen LogP contribution in [0.2, 0.25) is 0 Å². The summed E-state index contributed by atoms with van der Waals surface area (Å²) in [6.07, 6.45) is 5.80. The van der Waals surface area contributed by atoms with E-state index in [0.717, 1.165) is 101 Å². The van der Waals surface area contributed by atoms with Gasteiger partial charge in [0.15, 0.2) is 0 Å². The first-order valence-corrected chi connectivity index (χ1v) is 19.5. The molecule has 5 aromatic rings. The smallest absolute Gasteiger partial charge is 0.411 e. The van der Waals surface area contributed by atoms with Gasteiger partial charge in [0.05, 0.1) is 22.8 Å². The van der Waals surface area contributed by atoms with Gasteiger partial charge in [0.1, 0.15) is 28.4 Å². The number of aromatic amines is 2. The standard InChI is InChI=1S/C44H52N6O4/c1-8-50(41(52)54-43(5,6)7)44(22-10-23-44)39-46-33-20-17-30(26-35(33)47-39)28-14-12-27(13-15-28)29-16-19-32-31(25-29)18-21-34-37(32)48-38(45-34)36-11-9-24-49(36)40(51)53-42(2,3)4/h12-17,19-20,25-26,36H,8-11,18,21-24H2,1-7H3,(H,45,48)(H,46,47)/t36-/m0/s1. The number of amides is 2. The van der Waals surface area contributed by atoms with Crippen LogP contribution in [0.15, 0.2) is 60.7 Å². The fraction of sp³-hybridized carbons (Fsp3) is 0.455. The lowest BCUT2D eigenvalue weighted by atomic mass is 9.74. The molecule has 2 aromatic heterocycles. The van der Waals surface area contributed by atoms with E-state index in [1.165, 1.54) is 11.1 Å². The number of aryl methyl sites for hydroxylation is 2. The number of nitrogens with zero attached hydrogens (tertiary/aromatic N) is 4. The van der Waals surface area contributed by atoms with Crippen molar-refractivity contribution in [2.45, 2.75) is 116 Å². The highest BCUT2D eigenvalue weighted by molar-refractivity contribution is 5.83. The molecule has 8 rings (SSSR count). The number of nitrogens with one attached hydrogen (secondary N) is 2. The zero-order valence-corrected chi connectivity index (χ0v) is 32.6. The summed E-state index contributed by atoms with van der Waals surface area (Å²) in [7, 11) is 0. The lowest BCUT2D eigenvalue weighted by molar-refractivity contribution is -0.0304. The minimum absolute atomic E-state index is 0.0994. The van der Waals surface area contributed by atoms with Gasteiger partial charge in [-0.05, 0) is 133 Å². The molecule has 10 nitrogen and oxygen atoms in total. The van der Waals surface area contributed by atoms with Crippen molar-refractivity contribution in [3.8, 4) is 33.5 Å². The molecule has 282 valence electrons. The minimum atomic E-state index is -0.563. The van der Waals surface area contributed by atoms with Crippen LogP contribution in [0.25, 0.3) is 44.5 Å². The largest absolute Gasteiger partial charge is 0.444 e. The van der Waals surface area contributed by atoms with Gasteiger partial charge in [-0.3, -0.25) is 9.80 Å². The molecule has 2 N–H and O–H groups in total. The Balaban J connectivity index is 1.00. The molecule has 3 aliphatic rings. The molecule has 0 spiro atoms. The van der Waals surface area contributed by atoms with E-state index in [4.69, 9.17) is 19.4 Å². The molecule has 2 fully saturated rings. The molecule has 54 heavy (non-hydrogen) atoms. The van der Waals surface area contributed by atoms with Crippen LogP contribution >= 0.6 is 0 Å². The maximum atomic E-state index is 13.3. The van der Waals surface area contributed by atoms with Gasteiger partial charge in [-0.25, -0.2) is 19.6 Å². The minimum Gasteiger partial charge on any atom is -0.444 e. The lowest BCUT2D eigenvalue weighted by Gasteiger charge is -2.48. The van der Waals surface area contributed by atoms with Gasteiger partial charge in [0.2, 0.25) is 0 Å². The number of imidazole rings is 2. The van der Waals surface area contributed by atoms with Crippen LogP contribution in [0.1, 0.15) is 110 Å². The molecule has 1 saturated heterocycles. The number of carbonyl (C=O) groups excluding carboxylic acids is 2. The highest BCUT2D eigenvalue weighted by atomic mass is 16.6. The van der Waals surface area contributed by atoms with Crippen molar-refractivity contribution in [2.75, 3.05) is 13.1 Å². The SMILES string of the molecule is CCN(C(=O)OC(C)(C)C)C1(c2nc3ccc(-c4ccc(-c5ccc6c(c5)CCc5[nH]c([C@@H]7CCCN7C(=O)OC(C)(C)C)nc5-6)cc4)cc3[nH]2)CCC1. The Kier molecular flexibility index (Phi) is 8.85. The van der Waals surface area contributed by atoms with Crippen molar-refractivity contribution in [3.63, 3.8) is 0 Å². The molecule has 1 aliphatic heterocycles. The number of rotatable bonds is 6. The summed E-state index contributed by atoms with van der Waals surface area (Å²) in [6.45, 7) is 14.7. The number of likely N-dealkylation sites (tertiary alicyclic amines) is 1. The quantitative estimate of drug-likeness (QED) is 0.180. The maximum Gasteiger partial charge on any atom is 0.411 e. The summed E-state index contributed by atoms with van der Waals surface area (Å²) in [6, 6.07) is 21.7. The van der Waals surface area contributed by atoms with Crippen LogP contribution in [0.4, 0.5) is 9.59 Å². The average Bonchev–Trinajstić information content (AvgIpc) is 3.86. The van der Waals surface area contributed by atoms with Crippen LogP contribution in [-0.2, 0) is 27.9 Å². The fourth-order valence-corrected chi connectivity index (χ4v) is 8.39. The number of fused-ring (bicyclic) bond motifs is 4. The molecule has 1 saturated carbocycles. The Morgan fingerprint density at radius 1 is 0.833 bits per heavy atom. The van der Waals surface area contributed by atoms with E-state index < -0.39 is 16.7 Å². The number of carbonyl (C=O) groups is 2. The van der Waals surface area contributed by atoms with Crippen LogP contribution in [0, 0.1) is 0 Å². The van der Waals surface area contributed by atoms with E-state index in [-0.39, 0.29) is 18.2 Å². The van der Waals surface area contributed by atoms with Gasteiger partial charge in [0, 0.05) is 24.3 Å².